The van der Waals surface area contributed by atoms with Crippen LogP contribution in [0.25, 0.3) is 0 Å². The van der Waals surface area contributed by atoms with E-state index in [-0.39, 0.29) is 17.9 Å². The lowest BCUT2D eigenvalue weighted by atomic mass is 10.2. The first kappa shape index (κ1) is 14.8. The highest BCUT2D eigenvalue weighted by Crippen LogP contribution is 2.20. The molecule has 18 heavy (non-hydrogen) atoms. The highest BCUT2D eigenvalue weighted by atomic mass is 35.5. The predicted molar refractivity (Wildman–Crippen MR) is 70.0 cm³/mol. The van der Waals surface area contributed by atoms with Gasteiger partial charge in [0.15, 0.2) is 9.84 Å². The molecule has 1 rings (SSSR count). The lowest BCUT2D eigenvalue weighted by molar-refractivity contribution is -0.140. The molecular formula is C11H14ClNO4S. The van der Waals surface area contributed by atoms with Crippen molar-refractivity contribution >= 4 is 33.1 Å². The van der Waals surface area contributed by atoms with Crippen LogP contribution in [0.3, 0.4) is 0 Å². The predicted octanol–water partition coefficient (Wildman–Crippen LogP) is 1.40. The van der Waals surface area contributed by atoms with Crippen LogP contribution in [-0.4, -0.2) is 27.2 Å². The van der Waals surface area contributed by atoms with Crippen molar-refractivity contribution in [2.75, 3.05) is 18.6 Å². The standard InChI is InChI=1S/C11H14ClNO4S/c1-17-11(14)4-5-18(15,16)7-8-2-3-9(12)10(13)6-8/h2-3,6H,4-5,7,13H2,1H3. The Labute approximate surface area is 111 Å². The molecular weight excluding hydrogens is 278 g/mol. The highest BCUT2D eigenvalue weighted by Gasteiger charge is 2.15. The number of carbonyl (C=O) groups excluding carboxylic acids is 1. The molecule has 0 bridgehead atoms. The van der Waals surface area contributed by atoms with E-state index in [1.807, 2.05) is 0 Å². The van der Waals surface area contributed by atoms with Gasteiger partial charge in [-0.1, -0.05) is 17.7 Å². The number of methoxy groups -OCH3 is 1. The number of ether oxygens (including phenoxy) is 1. The first-order chi connectivity index (χ1) is 8.34. The minimum Gasteiger partial charge on any atom is -0.469 e. The van der Waals surface area contributed by atoms with E-state index in [9.17, 15) is 13.2 Å². The van der Waals surface area contributed by atoms with E-state index >= 15 is 0 Å². The van der Waals surface area contributed by atoms with Crippen LogP contribution in [0.2, 0.25) is 5.02 Å². The second kappa shape index (κ2) is 6.06. The van der Waals surface area contributed by atoms with Gasteiger partial charge in [0.1, 0.15) is 0 Å². The molecule has 0 spiro atoms. The summed E-state index contributed by atoms with van der Waals surface area (Å²) in [6, 6.07) is 4.65. The third-order valence-electron chi connectivity index (χ3n) is 2.29. The smallest absolute Gasteiger partial charge is 0.306 e. The Bertz CT molecular complexity index is 542. The Balaban J connectivity index is 2.70. The number of nitrogen functional groups attached to an aromatic ring is 1. The zero-order valence-electron chi connectivity index (χ0n) is 9.85. The number of anilines is 1. The fourth-order valence-corrected chi connectivity index (χ4v) is 2.78. The molecule has 0 aliphatic carbocycles. The van der Waals surface area contributed by atoms with Crippen LogP contribution in [0.1, 0.15) is 12.0 Å². The molecule has 2 N–H and O–H groups in total. The minimum absolute atomic E-state index is 0.151. The Kier molecular flexibility index (Phi) is 4.98. The summed E-state index contributed by atoms with van der Waals surface area (Å²) in [6.07, 6.45) is -0.151. The Morgan fingerprint density at radius 3 is 2.67 bits per heavy atom. The molecule has 0 unspecified atom stereocenters. The van der Waals surface area contributed by atoms with Crippen molar-refractivity contribution in [2.45, 2.75) is 12.2 Å². The van der Waals surface area contributed by atoms with Gasteiger partial charge in [0, 0.05) is 0 Å². The molecule has 0 amide bonds. The first-order valence-electron chi connectivity index (χ1n) is 5.15. The average Bonchev–Trinajstić information content (AvgIpc) is 2.30. The number of esters is 1. The monoisotopic (exact) mass is 291 g/mol. The third kappa shape index (κ3) is 4.54. The molecule has 7 heteroatoms. The van der Waals surface area contributed by atoms with Gasteiger partial charge in [0.05, 0.1) is 35.7 Å². The molecule has 5 nitrogen and oxygen atoms in total. The average molecular weight is 292 g/mol. The van der Waals surface area contributed by atoms with Gasteiger partial charge in [-0.05, 0) is 17.7 Å². The quantitative estimate of drug-likeness (QED) is 0.654. The normalized spacial score (nSPS) is 11.2. The van der Waals surface area contributed by atoms with Crippen molar-refractivity contribution in [1.29, 1.82) is 0 Å². The number of sulfone groups is 1. The van der Waals surface area contributed by atoms with E-state index in [1.54, 1.807) is 12.1 Å². The molecule has 0 saturated carbocycles. The Morgan fingerprint density at radius 1 is 1.44 bits per heavy atom. The maximum Gasteiger partial charge on any atom is 0.306 e. The second-order valence-corrected chi connectivity index (χ2v) is 6.37. The largest absolute Gasteiger partial charge is 0.469 e. The molecule has 0 aromatic heterocycles. The summed E-state index contributed by atoms with van der Waals surface area (Å²) in [6.45, 7) is 0. The molecule has 0 heterocycles. The van der Waals surface area contributed by atoms with Gasteiger partial charge < -0.3 is 10.5 Å². The summed E-state index contributed by atoms with van der Waals surface area (Å²) >= 11 is 5.74. The number of nitrogens with two attached hydrogens (primary N) is 1. The molecule has 0 radical (unpaired) electrons. The summed E-state index contributed by atoms with van der Waals surface area (Å²) in [4.78, 5) is 10.9. The van der Waals surface area contributed by atoms with Gasteiger partial charge in [-0.3, -0.25) is 4.79 Å². The van der Waals surface area contributed by atoms with Crippen LogP contribution in [0.5, 0.6) is 0 Å². The summed E-state index contributed by atoms with van der Waals surface area (Å²) in [5.41, 5.74) is 6.46. The van der Waals surface area contributed by atoms with Gasteiger partial charge in [-0.25, -0.2) is 8.42 Å². The van der Waals surface area contributed by atoms with Gasteiger partial charge in [0.25, 0.3) is 0 Å². The number of benzene rings is 1. The summed E-state index contributed by atoms with van der Waals surface area (Å²) in [5, 5.41) is 0.380. The molecule has 100 valence electrons. The van der Waals surface area contributed by atoms with E-state index in [4.69, 9.17) is 17.3 Å². The van der Waals surface area contributed by atoms with Crippen molar-refractivity contribution in [3.8, 4) is 0 Å². The number of hydrogen-bond acceptors (Lipinski definition) is 5. The van der Waals surface area contributed by atoms with Gasteiger partial charge in [-0.15, -0.1) is 0 Å². The Morgan fingerprint density at radius 2 is 2.11 bits per heavy atom. The number of hydrogen-bond donors (Lipinski definition) is 1. The highest BCUT2D eigenvalue weighted by molar-refractivity contribution is 7.90. The first-order valence-corrected chi connectivity index (χ1v) is 7.35. The van der Waals surface area contributed by atoms with E-state index in [2.05, 4.69) is 4.74 Å². The molecule has 0 aliphatic heterocycles. The minimum atomic E-state index is -3.37. The molecule has 0 atom stereocenters. The van der Waals surface area contributed by atoms with Crippen LogP contribution in [0.4, 0.5) is 5.69 Å². The van der Waals surface area contributed by atoms with Crippen molar-refractivity contribution in [3.63, 3.8) is 0 Å². The molecule has 0 aliphatic rings. The van der Waals surface area contributed by atoms with Gasteiger partial charge in [-0.2, -0.15) is 0 Å². The van der Waals surface area contributed by atoms with Crippen LogP contribution in [0.15, 0.2) is 18.2 Å². The maximum absolute atomic E-state index is 11.7. The molecule has 0 saturated heterocycles. The van der Waals surface area contributed by atoms with Crippen LogP contribution < -0.4 is 5.73 Å². The SMILES string of the molecule is COC(=O)CCS(=O)(=O)Cc1ccc(Cl)c(N)c1. The van der Waals surface area contributed by atoms with Crippen molar-refractivity contribution in [2.24, 2.45) is 0 Å². The van der Waals surface area contributed by atoms with Crippen LogP contribution in [-0.2, 0) is 25.1 Å². The van der Waals surface area contributed by atoms with E-state index in [1.165, 1.54) is 13.2 Å². The molecule has 1 aromatic rings. The lowest BCUT2D eigenvalue weighted by Crippen LogP contribution is -2.14. The number of carbonyl (C=O) groups is 1. The van der Waals surface area contributed by atoms with E-state index in [0.29, 0.717) is 16.3 Å². The summed E-state index contributed by atoms with van der Waals surface area (Å²) in [7, 11) is -2.15. The fraction of sp³-hybridized carbons (Fsp3) is 0.364. The Hall–Kier alpha value is -1.27. The van der Waals surface area contributed by atoms with Crippen molar-refractivity contribution in [3.05, 3.63) is 28.8 Å². The summed E-state index contributed by atoms with van der Waals surface area (Å²) in [5.74, 6) is -0.970. The van der Waals surface area contributed by atoms with Crippen molar-refractivity contribution < 1.29 is 17.9 Å². The third-order valence-corrected chi connectivity index (χ3v) is 4.24. The lowest BCUT2D eigenvalue weighted by Gasteiger charge is -2.05. The fourth-order valence-electron chi connectivity index (χ4n) is 1.35. The zero-order chi connectivity index (χ0) is 13.8. The van der Waals surface area contributed by atoms with Gasteiger partial charge in [0.2, 0.25) is 0 Å². The van der Waals surface area contributed by atoms with Crippen molar-refractivity contribution in [1.82, 2.24) is 0 Å². The second-order valence-electron chi connectivity index (χ2n) is 3.77. The van der Waals surface area contributed by atoms with E-state index in [0.717, 1.165) is 0 Å². The topological polar surface area (TPSA) is 86.5 Å². The summed E-state index contributed by atoms with van der Waals surface area (Å²) < 4.78 is 27.9. The van der Waals surface area contributed by atoms with E-state index < -0.39 is 15.8 Å². The maximum atomic E-state index is 11.7. The van der Waals surface area contributed by atoms with Gasteiger partial charge >= 0.3 is 5.97 Å². The van der Waals surface area contributed by atoms with Crippen LogP contribution >= 0.6 is 11.6 Å². The molecule has 1 aromatic carbocycles. The van der Waals surface area contributed by atoms with Crippen LogP contribution in [0, 0.1) is 0 Å². The molecule has 0 fully saturated rings. The number of halogens is 1. The zero-order valence-corrected chi connectivity index (χ0v) is 11.4. The number of rotatable bonds is 5.